The van der Waals surface area contributed by atoms with E-state index in [1.807, 2.05) is 25.1 Å². The Bertz CT molecular complexity index is 761. The Morgan fingerprint density at radius 1 is 0.960 bits per heavy atom. The molecule has 25 heavy (non-hydrogen) atoms. The van der Waals surface area contributed by atoms with Crippen molar-refractivity contribution in [1.29, 1.82) is 0 Å². The van der Waals surface area contributed by atoms with Gasteiger partial charge in [0.15, 0.2) is 0 Å². The lowest BCUT2D eigenvalue weighted by atomic mass is 9.77. The van der Waals surface area contributed by atoms with Crippen LogP contribution >= 0.6 is 0 Å². The average molecular weight is 359 g/mol. The molecule has 0 saturated heterocycles. The van der Waals surface area contributed by atoms with Crippen molar-refractivity contribution in [3.8, 4) is 0 Å². The maximum absolute atomic E-state index is 12.5. The predicted molar refractivity (Wildman–Crippen MR) is 100 cm³/mol. The third kappa shape index (κ3) is 4.71. The van der Waals surface area contributed by atoms with Crippen molar-refractivity contribution in [2.24, 2.45) is 5.92 Å². The lowest BCUT2D eigenvalue weighted by Gasteiger charge is -2.30. The van der Waals surface area contributed by atoms with Crippen LogP contribution in [0, 0.1) is 12.8 Å². The smallest absolute Gasteiger partial charge is 0.266 e. The van der Waals surface area contributed by atoms with E-state index in [4.69, 9.17) is 4.18 Å². The Hall–Kier alpha value is -1.65. The minimum Gasteiger partial charge on any atom is -0.266 e. The average Bonchev–Trinajstić information content (AvgIpc) is 2.64. The van der Waals surface area contributed by atoms with Gasteiger partial charge in [0.2, 0.25) is 0 Å². The Morgan fingerprint density at radius 3 is 2.24 bits per heavy atom. The van der Waals surface area contributed by atoms with Gasteiger partial charge in [0.05, 0.1) is 11.5 Å². The molecule has 134 valence electrons. The molecule has 3 nitrogen and oxygen atoms in total. The zero-order valence-corrected chi connectivity index (χ0v) is 15.5. The van der Waals surface area contributed by atoms with E-state index in [1.165, 1.54) is 24.8 Å². The van der Waals surface area contributed by atoms with Crippen molar-refractivity contribution in [2.75, 3.05) is 6.61 Å². The summed E-state index contributed by atoms with van der Waals surface area (Å²) in [7, 11) is -3.72. The van der Waals surface area contributed by atoms with Crippen LogP contribution in [0.1, 0.15) is 49.1 Å². The molecule has 0 N–H and O–H groups in total. The fraction of sp³-hybridized carbons (Fsp3) is 0.429. The van der Waals surface area contributed by atoms with Crippen LogP contribution in [0.25, 0.3) is 0 Å². The van der Waals surface area contributed by atoms with Crippen molar-refractivity contribution in [2.45, 2.75) is 49.8 Å². The second-order valence-corrected chi connectivity index (χ2v) is 8.58. The molecule has 0 radical (unpaired) electrons. The molecule has 1 atom stereocenters. The molecule has 1 fully saturated rings. The molecule has 3 rings (SSSR count). The van der Waals surface area contributed by atoms with Crippen LogP contribution in [0.5, 0.6) is 0 Å². The van der Waals surface area contributed by atoms with E-state index in [0.29, 0.717) is 5.92 Å². The lowest BCUT2D eigenvalue weighted by Crippen LogP contribution is -2.22. The quantitative estimate of drug-likeness (QED) is 0.678. The number of hydrogen-bond acceptors (Lipinski definition) is 3. The first kappa shape index (κ1) is 18.2. The fourth-order valence-corrected chi connectivity index (χ4v) is 4.61. The molecular formula is C21H26O3S. The van der Waals surface area contributed by atoms with Gasteiger partial charge in [-0.15, -0.1) is 0 Å². The molecular weight excluding hydrogens is 332 g/mol. The topological polar surface area (TPSA) is 43.4 Å². The maximum Gasteiger partial charge on any atom is 0.296 e. The van der Waals surface area contributed by atoms with Gasteiger partial charge in [-0.1, -0.05) is 67.3 Å². The van der Waals surface area contributed by atoms with Crippen molar-refractivity contribution in [1.82, 2.24) is 0 Å². The van der Waals surface area contributed by atoms with E-state index in [9.17, 15) is 8.42 Å². The van der Waals surface area contributed by atoms with Gasteiger partial charge in [0.25, 0.3) is 10.1 Å². The standard InChI is InChI=1S/C21H26O3S/c1-17-12-14-20(15-13-17)25(22,23)24-16-21(18-8-4-2-5-9-18)19-10-6-3-7-11-19/h2,4-5,8-9,12-15,19,21H,3,6-7,10-11,16H2,1H3. The van der Waals surface area contributed by atoms with Gasteiger partial charge in [-0.3, -0.25) is 4.18 Å². The normalized spacial score (nSPS) is 17.3. The van der Waals surface area contributed by atoms with Gasteiger partial charge in [-0.2, -0.15) is 8.42 Å². The zero-order valence-electron chi connectivity index (χ0n) is 14.7. The summed E-state index contributed by atoms with van der Waals surface area (Å²) < 4.78 is 30.6. The Labute approximate surface area is 151 Å². The number of benzene rings is 2. The molecule has 2 aromatic carbocycles. The molecule has 1 aliphatic carbocycles. The summed E-state index contributed by atoms with van der Waals surface area (Å²) in [6, 6.07) is 17.0. The van der Waals surface area contributed by atoms with Gasteiger partial charge in [0, 0.05) is 5.92 Å². The monoisotopic (exact) mass is 358 g/mol. The first-order valence-corrected chi connectivity index (χ1v) is 10.5. The fourth-order valence-electron chi connectivity index (χ4n) is 3.68. The second kappa shape index (κ2) is 8.15. The van der Waals surface area contributed by atoms with Crippen LogP contribution in [-0.4, -0.2) is 15.0 Å². The summed E-state index contributed by atoms with van der Waals surface area (Å²) >= 11 is 0. The first-order valence-electron chi connectivity index (χ1n) is 9.07. The van der Waals surface area contributed by atoms with E-state index in [-0.39, 0.29) is 17.4 Å². The van der Waals surface area contributed by atoms with E-state index in [0.717, 1.165) is 18.4 Å². The van der Waals surface area contributed by atoms with Gasteiger partial charge in [-0.25, -0.2) is 0 Å². The highest BCUT2D eigenvalue weighted by molar-refractivity contribution is 7.86. The van der Waals surface area contributed by atoms with Crippen LogP contribution in [0.4, 0.5) is 0 Å². The van der Waals surface area contributed by atoms with Gasteiger partial charge < -0.3 is 0 Å². The van der Waals surface area contributed by atoms with Crippen LogP contribution in [-0.2, 0) is 14.3 Å². The van der Waals surface area contributed by atoms with Crippen LogP contribution in [0.3, 0.4) is 0 Å². The largest absolute Gasteiger partial charge is 0.296 e. The molecule has 0 heterocycles. The highest BCUT2D eigenvalue weighted by atomic mass is 32.2. The third-order valence-corrected chi connectivity index (χ3v) is 6.45. The molecule has 4 heteroatoms. The number of rotatable bonds is 6. The predicted octanol–water partition coefficient (Wildman–Crippen LogP) is 5.06. The van der Waals surface area contributed by atoms with E-state index in [1.54, 1.807) is 24.3 Å². The number of aryl methyl sites for hydroxylation is 1. The zero-order chi connectivity index (χ0) is 17.7. The summed E-state index contributed by atoms with van der Waals surface area (Å²) in [5.74, 6) is 0.617. The highest BCUT2D eigenvalue weighted by Gasteiger charge is 2.27. The summed E-state index contributed by atoms with van der Waals surface area (Å²) in [6.45, 7) is 2.15. The van der Waals surface area contributed by atoms with Crippen molar-refractivity contribution in [3.05, 3.63) is 65.7 Å². The van der Waals surface area contributed by atoms with E-state index >= 15 is 0 Å². The summed E-state index contributed by atoms with van der Waals surface area (Å²) in [6.07, 6.45) is 6.01. The third-order valence-electron chi connectivity index (χ3n) is 5.16. The molecule has 2 aromatic rings. The Kier molecular flexibility index (Phi) is 5.92. The van der Waals surface area contributed by atoms with Crippen LogP contribution < -0.4 is 0 Å². The summed E-state index contributed by atoms with van der Waals surface area (Å²) in [5.41, 5.74) is 2.21. The highest BCUT2D eigenvalue weighted by Crippen LogP contribution is 2.36. The molecule has 0 bridgehead atoms. The number of hydrogen-bond donors (Lipinski definition) is 0. The molecule has 1 saturated carbocycles. The summed E-state index contributed by atoms with van der Waals surface area (Å²) in [5, 5.41) is 0. The van der Waals surface area contributed by atoms with Crippen molar-refractivity contribution in [3.63, 3.8) is 0 Å². The van der Waals surface area contributed by atoms with Gasteiger partial charge in [0.1, 0.15) is 0 Å². The second-order valence-electron chi connectivity index (χ2n) is 6.97. The van der Waals surface area contributed by atoms with Crippen molar-refractivity contribution < 1.29 is 12.6 Å². The van der Waals surface area contributed by atoms with E-state index in [2.05, 4.69) is 12.1 Å². The van der Waals surface area contributed by atoms with Gasteiger partial charge in [-0.05, 0) is 43.4 Å². The molecule has 1 unspecified atom stereocenters. The Morgan fingerprint density at radius 2 is 1.60 bits per heavy atom. The molecule has 0 amide bonds. The lowest BCUT2D eigenvalue weighted by molar-refractivity contribution is 0.216. The minimum absolute atomic E-state index is 0.127. The maximum atomic E-state index is 12.5. The molecule has 0 spiro atoms. The van der Waals surface area contributed by atoms with Crippen molar-refractivity contribution >= 4 is 10.1 Å². The van der Waals surface area contributed by atoms with Crippen LogP contribution in [0.2, 0.25) is 0 Å². The SMILES string of the molecule is Cc1ccc(S(=O)(=O)OCC(c2ccccc2)C2CCCCC2)cc1. The first-order chi connectivity index (χ1) is 12.1. The van der Waals surface area contributed by atoms with Crippen LogP contribution in [0.15, 0.2) is 59.5 Å². The Balaban J connectivity index is 1.77. The molecule has 0 aliphatic heterocycles. The molecule has 0 aromatic heterocycles. The van der Waals surface area contributed by atoms with Gasteiger partial charge >= 0.3 is 0 Å². The van der Waals surface area contributed by atoms with E-state index < -0.39 is 10.1 Å². The summed E-state index contributed by atoms with van der Waals surface area (Å²) in [4.78, 5) is 0.230. The molecule has 1 aliphatic rings. The minimum atomic E-state index is -3.72.